The van der Waals surface area contributed by atoms with E-state index in [4.69, 9.17) is 4.74 Å². The highest BCUT2D eigenvalue weighted by molar-refractivity contribution is 5.88. The fraction of sp³-hybridized carbons (Fsp3) is 0.875. The highest BCUT2D eigenvalue weighted by atomic mass is 16.5. The average Bonchev–Trinajstić information content (AvgIpc) is 2.63. The normalized spacial score (nSPS) is 15.3. The fourth-order valence-corrected chi connectivity index (χ4v) is 2.65. The zero-order valence-electron chi connectivity index (χ0n) is 19.9. The third kappa shape index (κ3) is 15.9. The van der Waals surface area contributed by atoms with Crippen LogP contribution in [-0.4, -0.2) is 37.1 Å². The first-order valence-corrected chi connectivity index (χ1v) is 11.2. The summed E-state index contributed by atoms with van der Waals surface area (Å²) < 4.78 is 5.54. The Balaban J connectivity index is 0. The summed E-state index contributed by atoms with van der Waals surface area (Å²) in [7, 11) is 1.98. The lowest BCUT2D eigenvalue weighted by Gasteiger charge is -2.23. The number of ether oxygens (including phenoxy) is 1. The molecule has 0 aromatic carbocycles. The average molecular weight is 384 g/mol. The van der Waals surface area contributed by atoms with Gasteiger partial charge in [0, 0.05) is 12.1 Å². The predicted octanol–water partition coefficient (Wildman–Crippen LogP) is 6.72. The minimum absolute atomic E-state index is 0.0367. The molecule has 0 aliphatic heterocycles. The third-order valence-electron chi connectivity index (χ3n) is 5.41. The molecular formula is C24H49NO2. The number of carbonyl (C=O) groups excluding carboxylic acids is 1. The first-order valence-electron chi connectivity index (χ1n) is 11.2. The van der Waals surface area contributed by atoms with Gasteiger partial charge in [-0.3, -0.25) is 0 Å². The number of hydrogen-bond acceptors (Lipinski definition) is 3. The molecule has 0 amide bonds. The summed E-state index contributed by atoms with van der Waals surface area (Å²) in [6.07, 6.45) is 7.13. The first kappa shape index (κ1) is 28.4. The SMILES string of the molecule is C=C(CN(C)CC)C(=O)OC(C)CCC(C)C(C)CCC(C)CC.CCC. The lowest BCUT2D eigenvalue weighted by atomic mass is 9.85. The van der Waals surface area contributed by atoms with Crippen LogP contribution in [0.1, 0.15) is 93.9 Å². The predicted molar refractivity (Wildman–Crippen MR) is 120 cm³/mol. The maximum absolute atomic E-state index is 12.0. The summed E-state index contributed by atoms with van der Waals surface area (Å²) in [5, 5.41) is 0. The Bertz CT molecular complexity index is 381. The van der Waals surface area contributed by atoms with Crippen LogP contribution < -0.4 is 0 Å². The largest absolute Gasteiger partial charge is 0.459 e. The molecule has 0 spiro atoms. The summed E-state index contributed by atoms with van der Waals surface area (Å²) in [5.74, 6) is 1.98. The summed E-state index contributed by atoms with van der Waals surface area (Å²) in [4.78, 5) is 14.1. The molecule has 27 heavy (non-hydrogen) atoms. The first-order chi connectivity index (χ1) is 12.6. The van der Waals surface area contributed by atoms with Gasteiger partial charge in [0.25, 0.3) is 0 Å². The zero-order chi connectivity index (χ0) is 21.4. The summed E-state index contributed by atoms with van der Waals surface area (Å²) in [6, 6.07) is 0. The van der Waals surface area contributed by atoms with Crippen molar-refractivity contribution >= 4 is 5.97 Å². The van der Waals surface area contributed by atoms with Gasteiger partial charge in [0.2, 0.25) is 0 Å². The van der Waals surface area contributed by atoms with Gasteiger partial charge in [-0.1, -0.05) is 80.7 Å². The van der Waals surface area contributed by atoms with Crippen molar-refractivity contribution in [2.24, 2.45) is 17.8 Å². The van der Waals surface area contributed by atoms with E-state index in [1.165, 1.54) is 25.7 Å². The molecule has 162 valence electrons. The molecule has 0 saturated heterocycles. The van der Waals surface area contributed by atoms with Crippen LogP contribution in [0.5, 0.6) is 0 Å². The third-order valence-corrected chi connectivity index (χ3v) is 5.41. The fourth-order valence-electron chi connectivity index (χ4n) is 2.65. The molecule has 0 fully saturated rings. The molecule has 0 saturated carbocycles. The highest BCUT2D eigenvalue weighted by Crippen LogP contribution is 2.25. The van der Waals surface area contributed by atoms with E-state index in [2.05, 4.69) is 59.9 Å². The molecule has 0 aliphatic rings. The van der Waals surface area contributed by atoms with Gasteiger partial charge in [-0.2, -0.15) is 0 Å². The van der Waals surface area contributed by atoms with Crippen LogP contribution in [-0.2, 0) is 9.53 Å². The van der Waals surface area contributed by atoms with Crippen molar-refractivity contribution in [1.82, 2.24) is 4.90 Å². The van der Waals surface area contributed by atoms with Gasteiger partial charge in [0.15, 0.2) is 0 Å². The van der Waals surface area contributed by atoms with Crippen LogP contribution in [0.3, 0.4) is 0 Å². The Morgan fingerprint density at radius 2 is 1.41 bits per heavy atom. The summed E-state index contributed by atoms with van der Waals surface area (Å²) >= 11 is 0. The van der Waals surface area contributed by atoms with Crippen molar-refractivity contribution in [2.75, 3.05) is 20.1 Å². The Morgan fingerprint density at radius 1 is 0.926 bits per heavy atom. The molecule has 3 heteroatoms. The quantitative estimate of drug-likeness (QED) is 0.261. The molecule has 0 radical (unpaired) electrons. The van der Waals surface area contributed by atoms with Gasteiger partial charge in [0.1, 0.15) is 0 Å². The van der Waals surface area contributed by atoms with E-state index < -0.39 is 0 Å². The molecule has 4 unspecified atom stereocenters. The van der Waals surface area contributed by atoms with E-state index in [1.807, 2.05) is 14.0 Å². The van der Waals surface area contributed by atoms with Gasteiger partial charge in [-0.15, -0.1) is 0 Å². The van der Waals surface area contributed by atoms with Crippen LogP contribution in [0.2, 0.25) is 0 Å². The number of nitrogens with zero attached hydrogens (tertiary/aromatic N) is 1. The lowest BCUT2D eigenvalue weighted by molar-refractivity contribution is -0.144. The Morgan fingerprint density at radius 3 is 1.85 bits per heavy atom. The van der Waals surface area contributed by atoms with Gasteiger partial charge in [-0.25, -0.2) is 4.79 Å². The van der Waals surface area contributed by atoms with Crippen molar-refractivity contribution in [1.29, 1.82) is 0 Å². The second-order valence-electron chi connectivity index (χ2n) is 8.48. The maximum atomic E-state index is 12.0. The van der Waals surface area contributed by atoms with Crippen molar-refractivity contribution in [3.63, 3.8) is 0 Å². The van der Waals surface area contributed by atoms with Crippen molar-refractivity contribution < 1.29 is 9.53 Å². The van der Waals surface area contributed by atoms with E-state index in [0.717, 1.165) is 31.2 Å². The molecule has 0 bridgehead atoms. The van der Waals surface area contributed by atoms with Gasteiger partial charge >= 0.3 is 5.97 Å². The van der Waals surface area contributed by atoms with Gasteiger partial charge in [-0.05, 0) is 51.1 Å². The number of rotatable bonds is 13. The zero-order valence-corrected chi connectivity index (χ0v) is 19.9. The molecule has 0 heterocycles. The number of likely N-dealkylation sites (N-methyl/N-ethyl adjacent to an activating group) is 1. The Labute approximate surface area is 170 Å². The smallest absolute Gasteiger partial charge is 0.334 e. The maximum Gasteiger partial charge on any atom is 0.334 e. The molecule has 0 aliphatic carbocycles. The Kier molecular flexibility index (Phi) is 18.2. The van der Waals surface area contributed by atoms with Gasteiger partial charge in [0.05, 0.1) is 6.10 Å². The monoisotopic (exact) mass is 383 g/mol. The second kappa shape index (κ2) is 17.3. The molecule has 0 aromatic heterocycles. The van der Waals surface area contributed by atoms with Crippen LogP contribution in [0.4, 0.5) is 0 Å². The van der Waals surface area contributed by atoms with E-state index in [1.54, 1.807) is 0 Å². The van der Waals surface area contributed by atoms with Crippen LogP contribution in [0.15, 0.2) is 12.2 Å². The second-order valence-corrected chi connectivity index (χ2v) is 8.48. The molecule has 0 N–H and O–H groups in total. The van der Waals surface area contributed by atoms with E-state index in [-0.39, 0.29) is 12.1 Å². The molecular weight excluding hydrogens is 334 g/mol. The minimum atomic E-state index is -0.250. The molecule has 3 nitrogen and oxygen atoms in total. The van der Waals surface area contributed by atoms with Crippen LogP contribution in [0.25, 0.3) is 0 Å². The topological polar surface area (TPSA) is 29.5 Å². The lowest BCUT2D eigenvalue weighted by Crippen LogP contribution is -2.26. The summed E-state index contributed by atoms with van der Waals surface area (Å²) in [5.41, 5.74) is 0.543. The van der Waals surface area contributed by atoms with Crippen molar-refractivity contribution in [3.05, 3.63) is 12.2 Å². The molecule has 4 atom stereocenters. The molecule has 0 aromatic rings. The number of esters is 1. The van der Waals surface area contributed by atoms with E-state index >= 15 is 0 Å². The van der Waals surface area contributed by atoms with Crippen molar-refractivity contribution in [2.45, 2.75) is 100 Å². The van der Waals surface area contributed by atoms with Crippen LogP contribution >= 0.6 is 0 Å². The van der Waals surface area contributed by atoms with E-state index in [0.29, 0.717) is 18.0 Å². The van der Waals surface area contributed by atoms with E-state index in [9.17, 15) is 4.79 Å². The van der Waals surface area contributed by atoms with Gasteiger partial charge < -0.3 is 9.64 Å². The highest BCUT2D eigenvalue weighted by Gasteiger charge is 2.18. The van der Waals surface area contributed by atoms with Crippen LogP contribution in [0, 0.1) is 17.8 Å². The molecule has 0 rings (SSSR count). The van der Waals surface area contributed by atoms with Crippen molar-refractivity contribution in [3.8, 4) is 0 Å². The summed E-state index contributed by atoms with van der Waals surface area (Å²) in [6.45, 7) is 22.9. The number of carbonyl (C=O) groups is 1. The number of hydrogen-bond donors (Lipinski definition) is 0. The standard InChI is InChI=1S/C21H41NO2.C3H8/c1-9-16(3)11-12-17(4)18(5)13-14-20(7)24-21(23)19(6)15-22(8)10-2;1-3-2/h16-18,20H,6,9-15H2,1-5,7-8H3;3H2,1-2H3. The Hall–Kier alpha value is -0.830. The minimum Gasteiger partial charge on any atom is -0.459 e.